The Hall–Kier alpha value is -8.06. The molecule has 0 radical (unpaired) electrons. The van der Waals surface area contributed by atoms with E-state index in [2.05, 4.69) is 237 Å². The Labute approximate surface area is 392 Å². The summed E-state index contributed by atoms with van der Waals surface area (Å²) in [5.74, 6) is 0.447. The van der Waals surface area contributed by atoms with Gasteiger partial charge in [-0.15, -0.1) is 0 Å². The highest BCUT2D eigenvalue weighted by atomic mass is 15.5. The van der Waals surface area contributed by atoms with Gasteiger partial charge in [0.25, 0.3) is 0 Å². The van der Waals surface area contributed by atoms with Crippen molar-refractivity contribution in [3.05, 3.63) is 217 Å². The van der Waals surface area contributed by atoms with Gasteiger partial charge in [-0.1, -0.05) is 160 Å². The molecule has 0 bridgehead atoms. The number of nitrogens with zero attached hydrogens (tertiary/aromatic N) is 5. The van der Waals surface area contributed by atoms with Crippen molar-refractivity contribution >= 4 is 61.6 Å². The molecule has 0 saturated heterocycles. The van der Waals surface area contributed by atoms with Crippen molar-refractivity contribution in [1.82, 2.24) is 9.97 Å². The summed E-state index contributed by atoms with van der Waals surface area (Å²) in [6.45, 7) is 7.83. The zero-order valence-corrected chi connectivity index (χ0v) is 37.9. The third-order valence-corrected chi connectivity index (χ3v) is 13.5. The van der Waals surface area contributed by atoms with Gasteiger partial charge in [0.15, 0.2) is 0 Å². The average Bonchev–Trinajstić information content (AvgIpc) is 3.89. The number of benzene rings is 9. The molecule has 10 aromatic rings. The summed E-state index contributed by atoms with van der Waals surface area (Å²) in [4.78, 5) is 16.3. The minimum atomic E-state index is 0.127. The topological polar surface area (TPSA) is 50.8 Å². The van der Waals surface area contributed by atoms with Crippen LogP contribution in [0, 0.1) is 5.92 Å². The third kappa shape index (κ3) is 6.91. The van der Waals surface area contributed by atoms with Gasteiger partial charge in [-0.2, -0.15) is 0 Å². The maximum atomic E-state index is 5.84. The standard InChI is InChI=1S/C61H50N6/c1-4-52-56-54(42-31-35-48(36-32-42)66(44-21-9-5-10-22-44)45-23-11-6-12-24-45)60-61(63-58-51-30-18-20-41-19-17-29-50(53(41)51)57(58)62-60)55(59(56)64-65(52)39-40(2)3)43-33-37-49(38-34-43)67(46-25-13-7-14-26-46)47-27-15-8-16-28-47/h5-38,40,52,65H,4,39H2,1-3H3. The van der Waals surface area contributed by atoms with Crippen LogP contribution in [0.4, 0.5) is 39.8 Å². The molecule has 1 aliphatic heterocycles. The van der Waals surface area contributed by atoms with E-state index in [0.717, 1.165) is 109 Å². The van der Waals surface area contributed by atoms with Crippen LogP contribution in [-0.4, -0.2) is 16.5 Å². The van der Waals surface area contributed by atoms with E-state index >= 15 is 0 Å². The lowest BCUT2D eigenvalue weighted by Crippen LogP contribution is -3.07. The van der Waals surface area contributed by atoms with Crippen molar-refractivity contribution in [1.29, 1.82) is 0 Å². The van der Waals surface area contributed by atoms with Crippen LogP contribution in [-0.2, 0) is 0 Å². The molecule has 9 aromatic carbocycles. The van der Waals surface area contributed by atoms with E-state index in [1.807, 2.05) is 0 Å². The first kappa shape index (κ1) is 40.4. The first-order valence-electron chi connectivity index (χ1n) is 23.6. The second-order valence-corrected chi connectivity index (χ2v) is 18.1. The molecule has 2 unspecified atom stereocenters. The van der Waals surface area contributed by atoms with Crippen LogP contribution < -0.4 is 14.8 Å². The summed E-state index contributed by atoms with van der Waals surface area (Å²) in [6, 6.07) is 73.7. The Balaban J connectivity index is 1.11. The van der Waals surface area contributed by atoms with Crippen LogP contribution in [0.15, 0.2) is 206 Å². The zero-order valence-electron chi connectivity index (χ0n) is 37.9. The van der Waals surface area contributed by atoms with Gasteiger partial charge in [-0.25, -0.2) is 9.97 Å². The summed E-state index contributed by atoms with van der Waals surface area (Å²) in [6.07, 6.45) is 0.926. The molecule has 6 nitrogen and oxygen atoms in total. The highest BCUT2D eigenvalue weighted by molar-refractivity contribution is 6.17. The third-order valence-electron chi connectivity index (χ3n) is 13.5. The second kappa shape index (κ2) is 16.7. The summed E-state index contributed by atoms with van der Waals surface area (Å²) in [5.41, 5.74) is 24.8. The Morgan fingerprint density at radius 1 is 0.478 bits per heavy atom. The molecule has 6 heteroatoms. The molecule has 0 saturated carbocycles. The monoisotopic (exact) mass is 866 g/mol. The highest BCUT2D eigenvalue weighted by Crippen LogP contribution is 2.54. The number of para-hydroxylation sites is 4. The molecule has 2 heterocycles. The fourth-order valence-electron chi connectivity index (χ4n) is 10.6. The molecular weight excluding hydrogens is 817 g/mol. The van der Waals surface area contributed by atoms with Gasteiger partial charge in [0.1, 0.15) is 6.04 Å². The molecule has 67 heavy (non-hydrogen) atoms. The van der Waals surface area contributed by atoms with Crippen LogP contribution in [0.25, 0.3) is 72.0 Å². The zero-order chi connectivity index (χ0) is 45.0. The van der Waals surface area contributed by atoms with Gasteiger partial charge in [-0.3, -0.25) is 0 Å². The second-order valence-electron chi connectivity index (χ2n) is 18.1. The normalized spacial score (nSPS) is 14.6. The minimum absolute atomic E-state index is 0.127. The lowest BCUT2D eigenvalue weighted by atomic mass is 9.86. The van der Waals surface area contributed by atoms with Crippen LogP contribution >= 0.6 is 0 Å². The molecule has 0 fully saturated rings. The summed E-state index contributed by atoms with van der Waals surface area (Å²) >= 11 is 0. The number of aromatic nitrogens is 2. The van der Waals surface area contributed by atoms with E-state index < -0.39 is 0 Å². The summed E-state index contributed by atoms with van der Waals surface area (Å²) < 4.78 is 0. The van der Waals surface area contributed by atoms with Crippen molar-refractivity contribution in [3.8, 4) is 44.8 Å². The van der Waals surface area contributed by atoms with Gasteiger partial charge >= 0.3 is 0 Å². The molecular formula is C61H50N6. The molecule has 2 aliphatic rings. The van der Waals surface area contributed by atoms with E-state index in [0.29, 0.717) is 5.92 Å². The number of hydrogen-bond donors (Lipinski definition) is 1. The van der Waals surface area contributed by atoms with Gasteiger partial charge in [0.2, 0.25) is 0 Å². The summed E-state index contributed by atoms with van der Waals surface area (Å²) in [5, 5.41) is 3.65. The van der Waals surface area contributed by atoms with Crippen molar-refractivity contribution in [2.24, 2.45) is 5.92 Å². The maximum absolute atomic E-state index is 5.84. The lowest BCUT2D eigenvalue weighted by molar-refractivity contribution is -0.890. The van der Waals surface area contributed by atoms with Gasteiger partial charge in [0.05, 0.1) is 29.0 Å². The quantitative estimate of drug-likeness (QED) is 0.141. The molecule has 1 aromatic heterocycles. The molecule has 0 spiro atoms. The number of hydrogen-bond acceptors (Lipinski definition) is 4. The Bertz CT molecular complexity index is 3330. The molecule has 0 amide bonds. The van der Waals surface area contributed by atoms with Gasteiger partial charge in [0, 0.05) is 74.1 Å². The fourth-order valence-corrected chi connectivity index (χ4v) is 10.6. The molecule has 1 aliphatic carbocycles. The van der Waals surface area contributed by atoms with E-state index in [1.165, 1.54) is 21.3 Å². The first-order valence-corrected chi connectivity index (χ1v) is 23.6. The Morgan fingerprint density at radius 3 is 1.30 bits per heavy atom. The van der Waals surface area contributed by atoms with Crippen LogP contribution in [0.5, 0.6) is 0 Å². The smallest absolute Gasteiger partial charge is 0.108 e. The average molecular weight is 867 g/mol. The first-order chi connectivity index (χ1) is 33.0. The number of anilines is 6. The number of nitrogens with one attached hydrogen (secondary N) is 1. The van der Waals surface area contributed by atoms with Crippen LogP contribution in [0.2, 0.25) is 0 Å². The Morgan fingerprint density at radius 2 is 0.881 bits per heavy atom. The van der Waals surface area contributed by atoms with Gasteiger partial charge in [-0.05, 0) is 94.9 Å². The van der Waals surface area contributed by atoms with Crippen molar-refractivity contribution < 1.29 is 5.01 Å². The van der Waals surface area contributed by atoms with Crippen molar-refractivity contribution in [3.63, 3.8) is 0 Å². The number of quaternary nitrogens is 1. The number of rotatable bonds is 11. The maximum Gasteiger partial charge on any atom is 0.108 e. The highest BCUT2D eigenvalue weighted by Gasteiger charge is 2.36. The van der Waals surface area contributed by atoms with E-state index in [9.17, 15) is 0 Å². The molecule has 2 atom stereocenters. The fraction of sp³-hybridized carbons (Fsp3) is 0.115. The van der Waals surface area contributed by atoms with Gasteiger partial charge < -0.3 is 20.2 Å². The van der Waals surface area contributed by atoms with E-state index in [-0.39, 0.29) is 6.04 Å². The minimum Gasteiger partial charge on any atom is -0.487 e. The van der Waals surface area contributed by atoms with Crippen LogP contribution in [0.3, 0.4) is 0 Å². The Kier molecular flexibility index (Phi) is 10.1. The number of fused-ring (bicyclic) bond motifs is 5. The largest absolute Gasteiger partial charge is 0.487 e. The predicted molar refractivity (Wildman–Crippen MR) is 278 cm³/mol. The van der Waals surface area contributed by atoms with E-state index in [4.69, 9.17) is 15.4 Å². The van der Waals surface area contributed by atoms with Crippen molar-refractivity contribution in [2.45, 2.75) is 33.2 Å². The molecule has 324 valence electrons. The van der Waals surface area contributed by atoms with E-state index in [1.54, 1.807) is 0 Å². The summed E-state index contributed by atoms with van der Waals surface area (Å²) in [7, 11) is 0. The molecule has 12 rings (SSSR count). The predicted octanol–water partition coefficient (Wildman–Crippen LogP) is 15.6. The van der Waals surface area contributed by atoms with Crippen LogP contribution in [0.1, 0.15) is 38.8 Å². The van der Waals surface area contributed by atoms with Crippen molar-refractivity contribution in [2.75, 3.05) is 16.3 Å². The SMILES string of the molecule is CCC1c2c(c(-c3ccc(N(c4ccccc4)c4ccccc4)cc3)c3nc4c(nc3c2-c2ccc(N(c3ccccc3)c3ccccc3)cc2)-c2cccc3cccc-4c23)[N-][NH+]1CC(C)C. The molecule has 1 N–H and O–H groups in total. The lowest BCUT2D eigenvalue weighted by Gasteiger charge is -2.32.